The lowest BCUT2D eigenvalue weighted by Crippen LogP contribution is -1.98. The van der Waals surface area contributed by atoms with Crippen LogP contribution in [0, 0.1) is 12.7 Å². The first-order valence-corrected chi connectivity index (χ1v) is 8.36. The van der Waals surface area contributed by atoms with Gasteiger partial charge in [-0.15, -0.1) is 0 Å². The van der Waals surface area contributed by atoms with Crippen molar-refractivity contribution in [2.24, 2.45) is 0 Å². The summed E-state index contributed by atoms with van der Waals surface area (Å²) in [7, 11) is 0. The van der Waals surface area contributed by atoms with Gasteiger partial charge in [0.15, 0.2) is 0 Å². The Labute approximate surface area is 140 Å². The molecule has 0 aliphatic rings. The van der Waals surface area contributed by atoms with Crippen LogP contribution < -0.4 is 0 Å². The van der Waals surface area contributed by atoms with Crippen molar-refractivity contribution in [3.05, 3.63) is 81.6 Å². The Balaban J connectivity index is 2.20. The molecule has 0 saturated carbocycles. The van der Waals surface area contributed by atoms with Gasteiger partial charge in [0, 0.05) is 9.86 Å². The van der Waals surface area contributed by atoms with Gasteiger partial charge in [-0.2, -0.15) is 0 Å². The molecular weight excluding hydrogens is 395 g/mol. The second kappa shape index (κ2) is 5.90. The van der Waals surface area contributed by atoms with Crippen LogP contribution in [0.5, 0.6) is 0 Å². The second-order valence-corrected chi connectivity index (χ2v) is 6.88. The van der Waals surface area contributed by atoms with E-state index in [1.807, 2.05) is 36.4 Å². The predicted molar refractivity (Wildman–Crippen MR) is 93.6 cm³/mol. The van der Waals surface area contributed by atoms with Crippen LogP contribution >= 0.6 is 31.9 Å². The Morgan fingerprint density at radius 3 is 2.38 bits per heavy atom. The minimum Gasteiger partial charge on any atom is -0.206 e. The van der Waals surface area contributed by atoms with E-state index in [-0.39, 0.29) is 10.6 Å². The molecule has 0 spiro atoms. The van der Waals surface area contributed by atoms with Gasteiger partial charge in [-0.05, 0) is 47.2 Å². The van der Waals surface area contributed by atoms with E-state index in [2.05, 4.69) is 50.9 Å². The van der Waals surface area contributed by atoms with Crippen LogP contribution in [0.4, 0.5) is 4.39 Å². The lowest BCUT2D eigenvalue weighted by atomic mass is 9.96. The molecule has 0 N–H and O–H groups in total. The van der Waals surface area contributed by atoms with E-state index in [9.17, 15) is 4.39 Å². The fourth-order valence-electron chi connectivity index (χ4n) is 2.56. The number of rotatable bonds is 2. The molecule has 1 atom stereocenters. The maximum Gasteiger partial charge on any atom is 0.131 e. The molecule has 0 saturated heterocycles. The van der Waals surface area contributed by atoms with E-state index in [1.54, 1.807) is 6.07 Å². The summed E-state index contributed by atoms with van der Waals surface area (Å²) in [6, 6.07) is 17.2. The lowest BCUT2D eigenvalue weighted by molar-refractivity contribution is 0.639. The van der Waals surface area contributed by atoms with E-state index < -0.39 is 0 Å². The Kier molecular flexibility index (Phi) is 4.14. The van der Waals surface area contributed by atoms with Crippen LogP contribution in [0.25, 0.3) is 10.8 Å². The maximum atomic E-state index is 14.0. The number of fused-ring (bicyclic) bond motifs is 1. The SMILES string of the molecule is Cc1ccc(Br)cc1C(Br)c1ccc(F)c2ccccc12. The molecule has 0 aliphatic carbocycles. The van der Waals surface area contributed by atoms with Gasteiger partial charge >= 0.3 is 0 Å². The van der Waals surface area contributed by atoms with E-state index in [4.69, 9.17) is 0 Å². The van der Waals surface area contributed by atoms with E-state index in [1.165, 1.54) is 11.1 Å². The summed E-state index contributed by atoms with van der Waals surface area (Å²) in [5, 5.41) is 1.60. The first kappa shape index (κ1) is 14.7. The molecule has 3 heteroatoms. The smallest absolute Gasteiger partial charge is 0.131 e. The Morgan fingerprint density at radius 1 is 0.905 bits per heavy atom. The minimum atomic E-state index is -0.181. The number of halogens is 3. The minimum absolute atomic E-state index is 0.0282. The van der Waals surface area contributed by atoms with Gasteiger partial charge in [0.2, 0.25) is 0 Å². The molecule has 0 aliphatic heterocycles. The quantitative estimate of drug-likeness (QED) is 0.423. The van der Waals surface area contributed by atoms with Crippen LogP contribution in [-0.2, 0) is 0 Å². The molecule has 1 unspecified atom stereocenters. The van der Waals surface area contributed by atoms with Gasteiger partial charge in [-0.3, -0.25) is 0 Å². The third kappa shape index (κ3) is 2.77. The molecule has 0 bridgehead atoms. The van der Waals surface area contributed by atoms with Gasteiger partial charge in [-0.25, -0.2) is 4.39 Å². The van der Waals surface area contributed by atoms with Crippen LogP contribution in [-0.4, -0.2) is 0 Å². The molecule has 0 fully saturated rings. The summed E-state index contributed by atoms with van der Waals surface area (Å²) >= 11 is 7.30. The van der Waals surface area contributed by atoms with Gasteiger partial charge in [0.25, 0.3) is 0 Å². The van der Waals surface area contributed by atoms with Crippen molar-refractivity contribution in [3.63, 3.8) is 0 Å². The van der Waals surface area contributed by atoms with Crippen molar-refractivity contribution in [2.75, 3.05) is 0 Å². The van der Waals surface area contributed by atoms with E-state index >= 15 is 0 Å². The van der Waals surface area contributed by atoms with Crippen LogP contribution in [0.3, 0.4) is 0 Å². The molecule has 0 heterocycles. The highest BCUT2D eigenvalue weighted by atomic mass is 79.9. The van der Waals surface area contributed by atoms with Gasteiger partial charge < -0.3 is 0 Å². The summed E-state index contributed by atoms with van der Waals surface area (Å²) in [6.07, 6.45) is 0. The van der Waals surface area contributed by atoms with Crippen LogP contribution in [0.1, 0.15) is 21.5 Å². The van der Waals surface area contributed by atoms with E-state index in [0.29, 0.717) is 5.39 Å². The second-order valence-electron chi connectivity index (χ2n) is 5.05. The highest BCUT2D eigenvalue weighted by molar-refractivity contribution is 9.10. The van der Waals surface area contributed by atoms with Crippen LogP contribution in [0.2, 0.25) is 0 Å². The monoisotopic (exact) mass is 406 g/mol. The highest BCUT2D eigenvalue weighted by Gasteiger charge is 2.17. The third-order valence-corrected chi connectivity index (χ3v) is 5.17. The number of hydrogen-bond donors (Lipinski definition) is 0. The summed E-state index contributed by atoms with van der Waals surface area (Å²) in [5.41, 5.74) is 3.46. The molecule has 0 nitrogen and oxygen atoms in total. The summed E-state index contributed by atoms with van der Waals surface area (Å²) in [6.45, 7) is 2.09. The molecule has 0 aromatic heterocycles. The highest BCUT2D eigenvalue weighted by Crippen LogP contribution is 2.38. The van der Waals surface area contributed by atoms with Gasteiger partial charge in [-0.1, -0.05) is 68.3 Å². The zero-order valence-electron chi connectivity index (χ0n) is 11.4. The Morgan fingerprint density at radius 2 is 1.62 bits per heavy atom. The molecule has 3 aromatic rings. The molecule has 3 rings (SSSR count). The molecule has 21 heavy (non-hydrogen) atoms. The van der Waals surface area contributed by atoms with E-state index in [0.717, 1.165) is 15.4 Å². The zero-order chi connectivity index (χ0) is 15.0. The van der Waals surface area contributed by atoms with Crippen molar-refractivity contribution in [3.8, 4) is 0 Å². The van der Waals surface area contributed by atoms with Crippen molar-refractivity contribution < 1.29 is 4.39 Å². The zero-order valence-corrected chi connectivity index (χ0v) is 14.6. The molecule has 0 amide bonds. The number of alkyl halides is 1. The van der Waals surface area contributed by atoms with Crippen molar-refractivity contribution in [1.29, 1.82) is 0 Å². The normalized spacial score (nSPS) is 12.6. The van der Waals surface area contributed by atoms with Crippen molar-refractivity contribution in [2.45, 2.75) is 11.8 Å². The molecule has 0 radical (unpaired) electrons. The summed E-state index contributed by atoms with van der Waals surface area (Å²) in [5.74, 6) is -0.181. The lowest BCUT2D eigenvalue weighted by Gasteiger charge is -2.16. The van der Waals surface area contributed by atoms with Crippen molar-refractivity contribution >= 4 is 42.6 Å². The fraction of sp³-hybridized carbons (Fsp3) is 0.111. The van der Waals surface area contributed by atoms with Crippen molar-refractivity contribution in [1.82, 2.24) is 0 Å². The van der Waals surface area contributed by atoms with Gasteiger partial charge in [0.05, 0.1) is 4.83 Å². The van der Waals surface area contributed by atoms with Gasteiger partial charge in [0.1, 0.15) is 5.82 Å². The largest absolute Gasteiger partial charge is 0.206 e. The Hall–Kier alpha value is -1.19. The average Bonchev–Trinajstić information content (AvgIpc) is 2.50. The standard InChI is InChI=1S/C18H13Br2F/c1-11-6-7-12(19)10-16(11)18(20)15-8-9-17(21)14-5-3-2-4-13(14)15/h2-10,18H,1H3. The molecule has 3 aromatic carbocycles. The number of hydrogen-bond acceptors (Lipinski definition) is 0. The average molecular weight is 408 g/mol. The fourth-order valence-corrected chi connectivity index (χ4v) is 3.83. The maximum absolute atomic E-state index is 14.0. The van der Waals surface area contributed by atoms with Crippen LogP contribution in [0.15, 0.2) is 59.1 Å². The summed E-state index contributed by atoms with van der Waals surface area (Å²) < 4.78 is 15.0. The number of benzene rings is 3. The third-order valence-electron chi connectivity index (χ3n) is 3.69. The number of aryl methyl sites for hydroxylation is 1. The topological polar surface area (TPSA) is 0 Å². The summed E-state index contributed by atoms with van der Waals surface area (Å²) in [4.78, 5) is 0.0282. The molecule has 106 valence electrons. The first-order valence-electron chi connectivity index (χ1n) is 6.65. The predicted octanol–water partition coefficient (Wildman–Crippen LogP) is 6.53. The Bertz CT molecular complexity index is 811. The molecular formula is C18H13Br2F. The first-order chi connectivity index (χ1) is 10.1.